The van der Waals surface area contributed by atoms with Gasteiger partial charge in [-0.2, -0.15) is 0 Å². The Labute approximate surface area is 74.5 Å². The highest BCUT2D eigenvalue weighted by Gasteiger charge is 2.42. The molecular weight excluding hydrogens is 150 g/mol. The second-order valence-electron chi connectivity index (χ2n) is 4.88. The van der Waals surface area contributed by atoms with Crippen molar-refractivity contribution < 1.29 is 4.74 Å². The number of ether oxygens (including phenoxy) is 1. The molecule has 2 aliphatic rings. The fourth-order valence-corrected chi connectivity index (χ4v) is 2.77. The minimum absolute atomic E-state index is 0.0188. The van der Waals surface area contributed by atoms with Gasteiger partial charge in [0, 0.05) is 12.0 Å². The molecule has 2 fully saturated rings. The van der Waals surface area contributed by atoms with Gasteiger partial charge in [0.1, 0.15) is 0 Å². The molecule has 2 nitrogen and oxygen atoms in total. The van der Waals surface area contributed by atoms with Gasteiger partial charge in [-0.1, -0.05) is 6.42 Å². The van der Waals surface area contributed by atoms with Crippen LogP contribution in [0.4, 0.5) is 0 Å². The van der Waals surface area contributed by atoms with Crippen molar-refractivity contribution >= 4 is 0 Å². The topological polar surface area (TPSA) is 35.2 Å². The summed E-state index contributed by atoms with van der Waals surface area (Å²) in [6.45, 7) is 4.31. The Kier molecular flexibility index (Phi) is 1.92. The molecule has 0 amide bonds. The monoisotopic (exact) mass is 169 g/mol. The van der Waals surface area contributed by atoms with E-state index >= 15 is 0 Å². The van der Waals surface area contributed by atoms with Gasteiger partial charge in [0.15, 0.2) is 0 Å². The van der Waals surface area contributed by atoms with Crippen LogP contribution in [0.25, 0.3) is 0 Å². The lowest BCUT2D eigenvalue weighted by Gasteiger charge is -2.42. The van der Waals surface area contributed by atoms with E-state index < -0.39 is 0 Å². The van der Waals surface area contributed by atoms with Crippen molar-refractivity contribution in [2.45, 2.75) is 57.3 Å². The predicted octanol–water partition coefficient (Wildman–Crippen LogP) is 1.68. The molecule has 3 unspecified atom stereocenters. The molecule has 0 aromatic heterocycles. The van der Waals surface area contributed by atoms with Crippen molar-refractivity contribution in [2.24, 2.45) is 11.7 Å². The van der Waals surface area contributed by atoms with Gasteiger partial charge in [-0.15, -0.1) is 0 Å². The SMILES string of the molecule is CC1(C)CC(N)C2CCCC2O1. The fourth-order valence-electron chi connectivity index (χ4n) is 2.77. The minimum atomic E-state index is 0.0188. The molecule has 0 aromatic carbocycles. The lowest BCUT2D eigenvalue weighted by molar-refractivity contribution is -0.130. The normalized spacial score (nSPS) is 45.8. The Morgan fingerprint density at radius 2 is 2.08 bits per heavy atom. The minimum Gasteiger partial charge on any atom is -0.372 e. The second kappa shape index (κ2) is 2.71. The Hall–Kier alpha value is -0.0800. The van der Waals surface area contributed by atoms with Gasteiger partial charge in [0.25, 0.3) is 0 Å². The van der Waals surface area contributed by atoms with Crippen LogP contribution in [0.3, 0.4) is 0 Å². The first-order valence-electron chi connectivity index (χ1n) is 5.02. The number of hydrogen-bond donors (Lipinski definition) is 1. The lowest BCUT2D eigenvalue weighted by Crippen LogP contribution is -2.50. The van der Waals surface area contributed by atoms with E-state index in [0.29, 0.717) is 18.1 Å². The van der Waals surface area contributed by atoms with Crippen LogP contribution in [0, 0.1) is 5.92 Å². The summed E-state index contributed by atoms with van der Waals surface area (Å²) >= 11 is 0. The lowest BCUT2D eigenvalue weighted by atomic mass is 9.84. The zero-order valence-corrected chi connectivity index (χ0v) is 8.05. The second-order valence-corrected chi connectivity index (χ2v) is 4.88. The van der Waals surface area contributed by atoms with E-state index in [4.69, 9.17) is 10.5 Å². The molecule has 2 heteroatoms. The van der Waals surface area contributed by atoms with Crippen molar-refractivity contribution in [3.8, 4) is 0 Å². The third-order valence-corrected chi connectivity index (χ3v) is 3.25. The molecule has 0 aromatic rings. The van der Waals surface area contributed by atoms with Crippen LogP contribution in [0.5, 0.6) is 0 Å². The Morgan fingerprint density at radius 3 is 2.83 bits per heavy atom. The maximum absolute atomic E-state index is 6.12. The van der Waals surface area contributed by atoms with Crippen LogP contribution in [0.15, 0.2) is 0 Å². The van der Waals surface area contributed by atoms with Crippen LogP contribution in [0.1, 0.15) is 39.5 Å². The van der Waals surface area contributed by atoms with Crippen LogP contribution in [-0.4, -0.2) is 17.7 Å². The summed E-state index contributed by atoms with van der Waals surface area (Å²) in [5.41, 5.74) is 6.13. The van der Waals surface area contributed by atoms with Gasteiger partial charge in [-0.3, -0.25) is 0 Å². The van der Waals surface area contributed by atoms with Gasteiger partial charge in [-0.25, -0.2) is 0 Å². The van der Waals surface area contributed by atoms with Crippen LogP contribution < -0.4 is 5.73 Å². The highest BCUT2D eigenvalue weighted by molar-refractivity contribution is 4.95. The van der Waals surface area contributed by atoms with Gasteiger partial charge in [-0.05, 0) is 33.1 Å². The highest BCUT2D eigenvalue weighted by atomic mass is 16.5. The third-order valence-electron chi connectivity index (χ3n) is 3.25. The summed E-state index contributed by atoms with van der Waals surface area (Å²) in [4.78, 5) is 0. The van der Waals surface area contributed by atoms with E-state index in [1.165, 1.54) is 19.3 Å². The van der Waals surface area contributed by atoms with Crippen molar-refractivity contribution in [1.29, 1.82) is 0 Å². The molecule has 2 N–H and O–H groups in total. The molecule has 12 heavy (non-hydrogen) atoms. The first-order chi connectivity index (χ1) is 5.58. The summed E-state index contributed by atoms with van der Waals surface area (Å²) in [6.07, 6.45) is 5.29. The molecule has 0 radical (unpaired) electrons. The van der Waals surface area contributed by atoms with Crippen molar-refractivity contribution in [3.05, 3.63) is 0 Å². The molecule has 3 atom stereocenters. The number of rotatable bonds is 0. The maximum atomic E-state index is 6.12. The van der Waals surface area contributed by atoms with Crippen LogP contribution in [0.2, 0.25) is 0 Å². The van der Waals surface area contributed by atoms with Crippen molar-refractivity contribution in [3.63, 3.8) is 0 Å². The third kappa shape index (κ3) is 1.38. The molecular formula is C10H19NO. The van der Waals surface area contributed by atoms with E-state index in [2.05, 4.69) is 13.8 Å². The molecule has 70 valence electrons. The zero-order valence-electron chi connectivity index (χ0n) is 8.05. The summed E-state index contributed by atoms with van der Waals surface area (Å²) in [5.74, 6) is 0.651. The molecule has 1 aliphatic carbocycles. The van der Waals surface area contributed by atoms with Crippen LogP contribution in [-0.2, 0) is 4.74 Å². The van der Waals surface area contributed by atoms with Gasteiger partial charge in [0.05, 0.1) is 11.7 Å². The van der Waals surface area contributed by atoms with E-state index in [-0.39, 0.29) is 5.60 Å². The van der Waals surface area contributed by atoms with Crippen LogP contribution >= 0.6 is 0 Å². The van der Waals surface area contributed by atoms with E-state index in [1.807, 2.05) is 0 Å². The van der Waals surface area contributed by atoms with E-state index in [1.54, 1.807) is 0 Å². The zero-order chi connectivity index (χ0) is 8.77. The standard InChI is InChI=1S/C10H19NO/c1-10(2)6-8(11)7-4-3-5-9(7)12-10/h7-9H,3-6,11H2,1-2H3. The van der Waals surface area contributed by atoms with E-state index in [0.717, 1.165) is 6.42 Å². The maximum Gasteiger partial charge on any atom is 0.0645 e. The fraction of sp³-hybridized carbons (Fsp3) is 1.00. The van der Waals surface area contributed by atoms with Crippen molar-refractivity contribution in [2.75, 3.05) is 0 Å². The first kappa shape index (κ1) is 8.52. The number of nitrogens with two attached hydrogens (primary N) is 1. The molecule has 0 bridgehead atoms. The smallest absolute Gasteiger partial charge is 0.0645 e. The molecule has 1 aliphatic heterocycles. The first-order valence-corrected chi connectivity index (χ1v) is 5.02. The molecule has 1 heterocycles. The summed E-state index contributed by atoms with van der Waals surface area (Å²) < 4.78 is 5.99. The number of hydrogen-bond acceptors (Lipinski definition) is 2. The summed E-state index contributed by atoms with van der Waals surface area (Å²) in [7, 11) is 0. The van der Waals surface area contributed by atoms with Gasteiger partial charge in [0.2, 0.25) is 0 Å². The highest BCUT2D eigenvalue weighted by Crippen LogP contribution is 2.40. The largest absolute Gasteiger partial charge is 0.372 e. The van der Waals surface area contributed by atoms with Crippen molar-refractivity contribution in [1.82, 2.24) is 0 Å². The molecule has 1 saturated carbocycles. The average molecular weight is 169 g/mol. The van der Waals surface area contributed by atoms with Gasteiger partial charge >= 0.3 is 0 Å². The average Bonchev–Trinajstić information content (AvgIpc) is 2.31. The summed E-state index contributed by atoms with van der Waals surface area (Å²) in [6, 6.07) is 0.376. The number of fused-ring (bicyclic) bond motifs is 1. The molecule has 0 spiro atoms. The molecule has 2 rings (SSSR count). The predicted molar refractivity (Wildman–Crippen MR) is 48.9 cm³/mol. The Morgan fingerprint density at radius 1 is 1.33 bits per heavy atom. The summed E-state index contributed by atoms with van der Waals surface area (Å²) in [5, 5.41) is 0. The Balaban J connectivity index is 2.10. The van der Waals surface area contributed by atoms with Gasteiger partial charge < -0.3 is 10.5 Å². The Bertz CT molecular complexity index is 179. The quantitative estimate of drug-likeness (QED) is 0.599. The molecule has 1 saturated heterocycles. The van der Waals surface area contributed by atoms with E-state index in [9.17, 15) is 0 Å².